The minimum absolute atomic E-state index is 0.252. The largest absolute Gasteiger partial charge is 0.373 e. The zero-order valence-corrected chi connectivity index (χ0v) is 20.1. The van der Waals surface area contributed by atoms with Crippen molar-refractivity contribution < 1.29 is 24.1 Å². The fourth-order valence-electron chi connectivity index (χ4n) is 3.40. The molecule has 164 valence electrons. The second-order valence-corrected chi connectivity index (χ2v) is 13.8. The zero-order valence-electron chi connectivity index (χ0n) is 18.3. The predicted molar refractivity (Wildman–Crippen MR) is 117 cm³/mol. The highest BCUT2D eigenvalue weighted by Crippen LogP contribution is 2.41. The fourth-order valence-corrected chi connectivity index (χ4v) is 4.24. The Balaban J connectivity index is 2.27. The van der Waals surface area contributed by atoms with Crippen LogP contribution in [-0.4, -0.2) is 62.2 Å². The number of ether oxygens (including phenoxy) is 4. The molecular weight excluding hydrogens is 408 g/mol. The van der Waals surface area contributed by atoms with Gasteiger partial charge in [-0.15, -0.1) is 17.1 Å². The van der Waals surface area contributed by atoms with Crippen LogP contribution in [0.1, 0.15) is 46.0 Å². The van der Waals surface area contributed by atoms with E-state index in [4.69, 9.17) is 30.5 Å². The molecule has 29 heavy (non-hydrogen) atoms. The van der Waals surface area contributed by atoms with Gasteiger partial charge in [-0.05, 0) is 32.6 Å². The molecule has 5 nitrogen and oxygen atoms in total. The van der Waals surface area contributed by atoms with Crippen LogP contribution in [0.2, 0.25) is 19.6 Å². The summed E-state index contributed by atoms with van der Waals surface area (Å²) in [7, 11) is -1.76. The van der Waals surface area contributed by atoms with Crippen LogP contribution in [0.25, 0.3) is 0 Å². The van der Waals surface area contributed by atoms with Crippen LogP contribution in [0.4, 0.5) is 0 Å². The molecule has 0 aromatic rings. The fraction of sp³-hybridized carbons (Fsp3) is 0.818. The van der Waals surface area contributed by atoms with Gasteiger partial charge >= 0.3 is 0 Å². The lowest BCUT2D eigenvalue weighted by molar-refractivity contribution is -0.200. The topological polar surface area (TPSA) is 57.2 Å². The molecule has 0 amide bonds. The summed E-state index contributed by atoms with van der Waals surface area (Å²) in [6, 6.07) is 0. The minimum Gasteiger partial charge on any atom is -0.373 e. The van der Waals surface area contributed by atoms with Crippen molar-refractivity contribution >= 4 is 19.7 Å². The smallest absolute Gasteiger partial charge is 0.222 e. The van der Waals surface area contributed by atoms with Gasteiger partial charge in [-0.1, -0.05) is 37.9 Å². The highest BCUT2D eigenvalue weighted by molar-refractivity contribution is 6.83. The molecule has 0 radical (unpaired) electrons. The second kappa shape index (κ2) is 10.6. The van der Waals surface area contributed by atoms with Crippen LogP contribution in [0.3, 0.4) is 0 Å². The summed E-state index contributed by atoms with van der Waals surface area (Å²) in [5.74, 6) is 8.18. The molecule has 7 heteroatoms. The van der Waals surface area contributed by atoms with Crippen molar-refractivity contribution in [2.45, 2.75) is 94.8 Å². The third kappa shape index (κ3) is 6.97. The molecule has 2 rings (SSSR count). The standard InChI is InChI=1S/C22H35ClO5Si/c1-6-25-20(26-7-2)12-11-18(23)22(24,15-16-29(3,4)5)19-17-27-21(28-19)13-9-8-10-14-21/h18-20,24H,6-10,13-14,17H2,1-5H3/t18-,19+,22-/m0/s1. The molecule has 2 fully saturated rings. The van der Waals surface area contributed by atoms with Gasteiger partial charge < -0.3 is 24.1 Å². The average Bonchev–Trinajstić information content (AvgIpc) is 3.08. The minimum atomic E-state index is -1.76. The van der Waals surface area contributed by atoms with Gasteiger partial charge in [0, 0.05) is 26.1 Å². The van der Waals surface area contributed by atoms with Crippen molar-refractivity contribution in [3.63, 3.8) is 0 Å². The Kier molecular flexibility index (Phi) is 9.06. The van der Waals surface area contributed by atoms with Gasteiger partial charge in [0.1, 0.15) is 19.6 Å². The number of halogens is 1. The van der Waals surface area contributed by atoms with E-state index in [1.165, 1.54) is 6.42 Å². The normalized spacial score (nSPS) is 24.3. The van der Waals surface area contributed by atoms with Crippen LogP contribution >= 0.6 is 11.6 Å². The Morgan fingerprint density at radius 3 is 2.31 bits per heavy atom. The third-order valence-corrected chi connectivity index (χ3v) is 6.27. The van der Waals surface area contributed by atoms with E-state index in [9.17, 15) is 5.11 Å². The molecule has 1 saturated carbocycles. The Labute approximate surface area is 181 Å². The van der Waals surface area contributed by atoms with Gasteiger partial charge in [-0.2, -0.15) is 0 Å². The number of aliphatic hydroxyl groups is 1. The number of rotatable bonds is 6. The lowest BCUT2D eigenvalue weighted by Crippen LogP contribution is -2.51. The number of hydrogen-bond donors (Lipinski definition) is 1. The van der Waals surface area contributed by atoms with E-state index in [1.807, 2.05) is 13.8 Å². The lowest BCUT2D eigenvalue weighted by Gasteiger charge is -2.35. The Hall–Kier alpha value is -0.573. The van der Waals surface area contributed by atoms with Crippen molar-refractivity contribution in [2.75, 3.05) is 19.8 Å². The van der Waals surface area contributed by atoms with E-state index in [0.717, 1.165) is 25.7 Å². The van der Waals surface area contributed by atoms with E-state index in [-0.39, 0.29) is 6.61 Å². The lowest BCUT2D eigenvalue weighted by atomic mass is 9.92. The van der Waals surface area contributed by atoms with Gasteiger partial charge in [0.25, 0.3) is 0 Å². The van der Waals surface area contributed by atoms with Crippen LogP contribution in [0, 0.1) is 23.3 Å². The molecule has 0 unspecified atom stereocenters. The summed E-state index contributed by atoms with van der Waals surface area (Å²) in [6.45, 7) is 11.3. The van der Waals surface area contributed by atoms with Crippen molar-refractivity contribution in [3.05, 3.63) is 0 Å². The third-order valence-electron chi connectivity index (χ3n) is 4.95. The second-order valence-electron chi connectivity index (χ2n) is 8.61. The van der Waals surface area contributed by atoms with Crippen molar-refractivity contribution in [1.82, 2.24) is 0 Å². The van der Waals surface area contributed by atoms with Crippen molar-refractivity contribution in [1.29, 1.82) is 0 Å². The summed E-state index contributed by atoms with van der Waals surface area (Å²) in [5, 5.41) is 10.6. The first kappa shape index (κ1) is 24.7. The number of hydrogen-bond acceptors (Lipinski definition) is 5. The first-order chi connectivity index (χ1) is 13.6. The van der Waals surface area contributed by atoms with Crippen LogP contribution < -0.4 is 0 Å². The van der Waals surface area contributed by atoms with Gasteiger partial charge in [-0.3, -0.25) is 0 Å². The van der Waals surface area contributed by atoms with Crippen LogP contribution in [0.15, 0.2) is 0 Å². The zero-order chi connectivity index (χ0) is 21.5. The molecule has 1 saturated heterocycles. The first-order valence-electron chi connectivity index (χ1n) is 10.6. The maximum Gasteiger partial charge on any atom is 0.222 e. The molecular formula is C22H35ClO5Si. The van der Waals surface area contributed by atoms with Crippen molar-refractivity contribution in [3.8, 4) is 23.3 Å². The molecule has 1 N–H and O–H groups in total. The molecule has 3 atom stereocenters. The Bertz CT molecular complexity index is 644. The van der Waals surface area contributed by atoms with Crippen LogP contribution in [-0.2, 0) is 18.9 Å². The molecule has 1 aliphatic carbocycles. The van der Waals surface area contributed by atoms with Gasteiger partial charge in [-0.25, -0.2) is 0 Å². The van der Waals surface area contributed by atoms with Gasteiger partial charge in [0.15, 0.2) is 11.4 Å². The highest BCUT2D eigenvalue weighted by Gasteiger charge is 2.52. The van der Waals surface area contributed by atoms with E-state index in [0.29, 0.717) is 13.2 Å². The van der Waals surface area contributed by atoms with E-state index >= 15 is 0 Å². The maximum atomic E-state index is 11.6. The summed E-state index contributed by atoms with van der Waals surface area (Å²) < 4.78 is 23.2. The quantitative estimate of drug-likeness (QED) is 0.294. The van der Waals surface area contributed by atoms with Gasteiger partial charge in [0.2, 0.25) is 6.29 Å². The molecule has 1 heterocycles. The first-order valence-corrected chi connectivity index (χ1v) is 14.5. The molecule has 1 spiro atoms. The Morgan fingerprint density at radius 1 is 1.14 bits per heavy atom. The summed E-state index contributed by atoms with van der Waals surface area (Å²) in [4.78, 5) is 0. The van der Waals surface area contributed by atoms with E-state index in [1.54, 1.807) is 0 Å². The summed E-state index contributed by atoms with van der Waals surface area (Å²) >= 11 is 6.61. The van der Waals surface area contributed by atoms with Gasteiger partial charge in [0.05, 0.1) is 6.61 Å². The molecule has 1 aliphatic heterocycles. The van der Waals surface area contributed by atoms with E-state index in [2.05, 4.69) is 42.9 Å². The molecule has 2 aliphatic rings. The Morgan fingerprint density at radius 2 is 1.76 bits per heavy atom. The van der Waals surface area contributed by atoms with E-state index < -0.39 is 37.2 Å². The monoisotopic (exact) mass is 442 g/mol. The van der Waals surface area contributed by atoms with Crippen molar-refractivity contribution in [2.24, 2.45) is 0 Å². The maximum absolute atomic E-state index is 11.6. The molecule has 0 bridgehead atoms. The highest BCUT2D eigenvalue weighted by atomic mass is 35.5. The summed E-state index contributed by atoms with van der Waals surface area (Å²) in [6.07, 6.45) is 3.61. The predicted octanol–water partition coefficient (Wildman–Crippen LogP) is 3.68. The number of alkyl halides is 1. The van der Waals surface area contributed by atoms with Crippen LogP contribution in [0.5, 0.6) is 0 Å². The molecule has 0 aromatic carbocycles. The average molecular weight is 443 g/mol. The molecule has 0 aromatic heterocycles. The summed E-state index contributed by atoms with van der Waals surface area (Å²) in [5.41, 5.74) is 1.60. The SMILES string of the molecule is CCOC(C#C[C@H](Cl)[C@@](O)(C#C[Si](C)(C)C)[C@H]1COC2(CCCCC2)O1)OCC.